The lowest BCUT2D eigenvalue weighted by Gasteiger charge is -2.08. The first-order chi connectivity index (χ1) is 10.0. The molecule has 0 atom stereocenters. The molecule has 2 aromatic carbocycles. The van der Waals surface area contributed by atoms with E-state index in [0.717, 1.165) is 22.2 Å². The zero-order valence-electron chi connectivity index (χ0n) is 11.2. The molecule has 3 rings (SSSR count). The molecule has 1 heterocycles. The lowest BCUT2D eigenvalue weighted by atomic mass is 10.1. The number of hydrogen-bond donors (Lipinski definition) is 3. The largest absolute Gasteiger partial charge is 0.381 e. The van der Waals surface area contributed by atoms with Gasteiger partial charge in [0.1, 0.15) is 0 Å². The van der Waals surface area contributed by atoms with Crippen LogP contribution < -0.4 is 10.5 Å². The van der Waals surface area contributed by atoms with Gasteiger partial charge in [-0.15, -0.1) is 0 Å². The predicted molar refractivity (Wildman–Crippen MR) is 83.4 cm³/mol. The lowest BCUT2D eigenvalue weighted by molar-refractivity contribution is 0.598. The molecule has 0 saturated carbocycles. The number of hydrogen-bond acceptors (Lipinski definition) is 3. The van der Waals surface area contributed by atoms with Gasteiger partial charge in [0.05, 0.1) is 4.90 Å². The van der Waals surface area contributed by atoms with E-state index < -0.39 is 10.0 Å². The Morgan fingerprint density at radius 3 is 2.76 bits per heavy atom. The zero-order valence-corrected chi connectivity index (χ0v) is 12.0. The molecule has 21 heavy (non-hydrogen) atoms. The molecule has 0 amide bonds. The van der Waals surface area contributed by atoms with Crippen molar-refractivity contribution in [3.05, 3.63) is 60.3 Å². The minimum absolute atomic E-state index is 0.105. The maximum absolute atomic E-state index is 11.3. The number of anilines is 1. The van der Waals surface area contributed by atoms with Crippen LogP contribution in [0, 0.1) is 0 Å². The molecule has 0 spiro atoms. The van der Waals surface area contributed by atoms with Gasteiger partial charge in [-0.25, -0.2) is 13.6 Å². The molecule has 0 saturated heterocycles. The van der Waals surface area contributed by atoms with Crippen LogP contribution >= 0.6 is 0 Å². The quantitative estimate of drug-likeness (QED) is 0.691. The summed E-state index contributed by atoms with van der Waals surface area (Å²) < 4.78 is 22.6. The number of aromatic amines is 1. The molecule has 5 nitrogen and oxygen atoms in total. The van der Waals surface area contributed by atoms with E-state index in [1.807, 2.05) is 30.5 Å². The van der Waals surface area contributed by atoms with Gasteiger partial charge in [0.25, 0.3) is 0 Å². The van der Waals surface area contributed by atoms with Crippen LogP contribution in [-0.2, 0) is 16.6 Å². The standard InChI is InChI=1S/C15H15N3O2S/c16-21(19,20)14-3-1-2-13(9-14)18-10-11-4-5-15-12(8-11)6-7-17-15/h1-9,17-18H,10H2,(H2,16,19,20). The Bertz CT molecular complexity index is 885. The number of aromatic nitrogens is 1. The van der Waals surface area contributed by atoms with Gasteiger partial charge in [-0.2, -0.15) is 0 Å². The van der Waals surface area contributed by atoms with E-state index in [9.17, 15) is 8.42 Å². The van der Waals surface area contributed by atoms with E-state index in [-0.39, 0.29) is 4.90 Å². The molecule has 1 aromatic heterocycles. The highest BCUT2D eigenvalue weighted by Crippen LogP contribution is 2.17. The number of benzene rings is 2. The summed E-state index contributed by atoms with van der Waals surface area (Å²) in [6, 6.07) is 14.6. The van der Waals surface area contributed by atoms with Crippen molar-refractivity contribution in [2.45, 2.75) is 11.4 Å². The fourth-order valence-electron chi connectivity index (χ4n) is 2.20. The Morgan fingerprint density at radius 2 is 1.95 bits per heavy atom. The van der Waals surface area contributed by atoms with E-state index in [2.05, 4.69) is 16.4 Å². The number of sulfonamides is 1. The number of H-pyrrole nitrogens is 1. The molecule has 0 aliphatic rings. The molecule has 108 valence electrons. The third-order valence-electron chi connectivity index (χ3n) is 3.28. The Balaban J connectivity index is 1.78. The van der Waals surface area contributed by atoms with E-state index in [4.69, 9.17) is 5.14 Å². The monoisotopic (exact) mass is 301 g/mol. The summed E-state index contributed by atoms with van der Waals surface area (Å²) in [6.07, 6.45) is 1.90. The Morgan fingerprint density at radius 1 is 1.10 bits per heavy atom. The molecular formula is C15H15N3O2S. The van der Waals surface area contributed by atoms with Crippen molar-refractivity contribution in [2.75, 3.05) is 5.32 Å². The summed E-state index contributed by atoms with van der Waals surface area (Å²) >= 11 is 0. The second-order valence-electron chi connectivity index (χ2n) is 4.83. The third-order valence-corrected chi connectivity index (χ3v) is 4.19. The number of nitrogens with one attached hydrogen (secondary N) is 2. The van der Waals surface area contributed by atoms with Crippen LogP contribution in [0.2, 0.25) is 0 Å². The number of rotatable bonds is 4. The fourth-order valence-corrected chi connectivity index (χ4v) is 2.76. The Hall–Kier alpha value is -2.31. The second kappa shape index (κ2) is 5.23. The smallest absolute Gasteiger partial charge is 0.238 e. The summed E-state index contributed by atoms with van der Waals surface area (Å²) in [4.78, 5) is 3.25. The van der Waals surface area contributed by atoms with Crippen LogP contribution in [0.25, 0.3) is 10.9 Å². The van der Waals surface area contributed by atoms with Crippen LogP contribution in [0.5, 0.6) is 0 Å². The summed E-state index contributed by atoms with van der Waals surface area (Å²) in [5, 5.41) is 9.47. The normalized spacial score (nSPS) is 11.7. The van der Waals surface area contributed by atoms with Gasteiger partial charge in [-0.05, 0) is 47.3 Å². The van der Waals surface area contributed by atoms with Crippen molar-refractivity contribution in [3.63, 3.8) is 0 Å². The third kappa shape index (κ3) is 3.07. The number of primary sulfonamides is 1. The van der Waals surface area contributed by atoms with Crippen molar-refractivity contribution in [1.82, 2.24) is 4.98 Å². The Kier molecular flexibility index (Phi) is 3.40. The van der Waals surface area contributed by atoms with Gasteiger partial charge in [0, 0.05) is 23.9 Å². The van der Waals surface area contributed by atoms with Crippen molar-refractivity contribution in [2.24, 2.45) is 5.14 Å². The highest BCUT2D eigenvalue weighted by Gasteiger charge is 2.07. The van der Waals surface area contributed by atoms with Gasteiger partial charge in [0.15, 0.2) is 0 Å². The first-order valence-electron chi connectivity index (χ1n) is 6.45. The van der Waals surface area contributed by atoms with Crippen LogP contribution in [0.1, 0.15) is 5.56 Å². The van der Waals surface area contributed by atoms with Crippen LogP contribution in [0.3, 0.4) is 0 Å². The average molecular weight is 301 g/mol. The van der Waals surface area contributed by atoms with Gasteiger partial charge in [-0.3, -0.25) is 0 Å². The fraction of sp³-hybridized carbons (Fsp3) is 0.0667. The first-order valence-corrected chi connectivity index (χ1v) is 8.00. The van der Waals surface area contributed by atoms with Crippen LogP contribution in [0.4, 0.5) is 5.69 Å². The van der Waals surface area contributed by atoms with Crippen LogP contribution in [0.15, 0.2) is 59.6 Å². The highest BCUT2D eigenvalue weighted by molar-refractivity contribution is 7.89. The minimum atomic E-state index is -3.67. The van der Waals surface area contributed by atoms with Crippen LogP contribution in [-0.4, -0.2) is 13.4 Å². The van der Waals surface area contributed by atoms with Crippen molar-refractivity contribution >= 4 is 26.6 Å². The molecule has 0 fully saturated rings. The lowest BCUT2D eigenvalue weighted by Crippen LogP contribution is -2.12. The summed E-state index contributed by atoms with van der Waals surface area (Å²) in [6.45, 7) is 0.606. The minimum Gasteiger partial charge on any atom is -0.381 e. The zero-order chi connectivity index (χ0) is 14.9. The maximum Gasteiger partial charge on any atom is 0.238 e. The maximum atomic E-state index is 11.3. The summed E-state index contributed by atoms with van der Waals surface area (Å²) in [5.41, 5.74) is 2.92. The van der Waals surface area contributed by atoms with Crippen molar-refractivity contribution < 1.29 is 8.42 Å². The van der Waals surface area contributed by atoms with Gasteiger partial charge < -0.3 is 10.3 Å². The molecule has 0 aliphatic heterocycles. The molecule has 0 unspecified atom stereocenters. The van der Waals surface area contributed by atoms with Crippen molar-refractivity contribution in [3.8, 4) is 0 Å². The summed E-state index contributed by atoms with van der Waals surface area (Å²) in [7, 11) is -3.67. The number of nitrogens with two attached hydrogens (primary N) is 1. The predicted octanol–water partition coefficient (Wildman–Crippen LogP) is 2.43. The molecule has 4 N–H and O–H groups in total. The van der Waals surface area contributed by atoms with Gasteiger partial charge in [-0.1, -0.05) is 12.1 Å². The van der Waals surface area contributed by atoms with E-state index in [1.165, 1.54) is 12.1 Å². The molecule has 0 bridgehead atoms. The molecule has 3 aromatic rings. The second-order valence-corrected chi connectivity index (χ2v) is 6.39. The highest BCUT2D eigenvalue weighted by atomic mass is 32.2. The molecular weight excluding hydrogens is 286 g/mol. The van der Waals surface area contributed by atoms with Crippen molar-refractivity contribution in [1.29, 1.82) is 0 Å². The van der Waals surface area contributed by atoms with E-state index in [0.29, 0.717) is 6.54 Å². The summed E-state index contributed by atoms with van der Waals surface area (Å²) in [5.74, 6) is 0. The van der Waals surface area contributed by atoms with Gasteiger partial charge in [0.2, 0.25) is 10.0 Å². The topological polar surface area (TPSA) is 88.0 Å². The number of fused-ring (bicyclic) bond motifs is 1. The average Bonchev–Trinajstić information content (AvgIpc) is 2.92. The van der Waals surface area contributed by atoms with E-state index >= 15 is 0 Å². The first kappa shape index (κ1) is 13.7. The van der Waals surface area contributed by atoms with E-state index in [1.54, 1.807) is 6.07 Å². The molecule has 0 aliphatic carbocycles. The Labute approximate surface area is 122 Å². The SMILES string of the molecule is NS(=O)(=O)c1cccc(NCc2ccc3[nH]ccc3c2)c1. The van der Waals surface area contributed by atoms with Gasteiger partial charge >= 0.3 is 0 Å². The molecule has 0 radical (unpaired) electrons. The molecule has 6 heteroatoms.